The Morgan fingerprint density at radius 1 is 1.13 bits per heavy atom. The monoisotopic (exact) mass is 458 g/mol. The fraction of sp³-hybridized carbons (Fsp3) is 0.136. The molecule has 0 atom stereocenters. The Balaban J connectivity index is 0.00000231. The molecule has 158 valence electrons. The number of fused-ring (bicyclic) bond motifs is 3. The fourth-order valence-electron chi connectivity index (χ4n) is 3.63. The molecule has 1 N–H and O–H groups in total. The summed E-state index contributed by atoms with van der Waals surface area (Å²) in [6.07, 6.45) is 7.89. The largest absolute Gasteiger partial charge is 0.315 e. The van der Waals surface area contributed by atoms with E-state index in [0.29, 0.717) is 0 Å². The van der Waals surface area contributed by atoms with Crippen LogP contribution in [0.5, 0.6) is 0 Å². The van der Waals surface area contributed by atoms with E-state index in [0.717, 1.165) is 53.2 Å². The lowest BCUT2D eigenvalue weighted by atomic mass is 10.0. The first-order valence-corrected chi connectivity index (χ1v) is 10.3. The molecule has 2 aromatic carbocycles. The maximum Gasteiger partial charge on any atom is 0.284 e. The van der Waals surface area contributed by atoms with Crippen LogP contribution in [0.1, 0.15) is 27.5 Å². The van der Waals surface area contributed by atoms with Crippen LogP contribution in [0.25, 0.3) is 16.1 Å². The van der Waals surface area contributed by atoms with E-state index in [1.54, 1.807) is 12.5 Å². The third-order valence-corrected chi connectivity index (χ3v) is 6.22. The van der Waals surface area contributed by atoms with Gasteiger partial charge in [-0.25, -0.2) is 18.7 Å². The molecule has 2 heterocycles. The van der Waals surface area contributed by atoms with Crippen LogP contribution in [0.3, 0.4) is 0 Å². The average Bonchev–Trinajstić information content (AvgIpc) is 3.39. The summed E-state index contributed by atoms with van der Waals surface area (Å²) in [6, 6.07) is 9.65. The van der Waals surface area contributed by atoms with Crippen molar-refractivity contribution in [1.82, 2.24) is 14.5 Å². The number of aryl methyl sites for hydroxylation is 2. The van der Waals surface area contributed by atoms with E-state index in [4.69, 9.17) is 0 Å². The third kappa shape index (κ3) is 3.96. The predicted octanol–water partition coefficient (Wildman–Crippen LogP) is 5.44. The van der Waals surface area contributed by atoms with Crippen molar-refractivity contribution >= 4 is 35.3 Å². The number of aromatic nitrogens is 3. The number of hydrogen-bond acceptors (Lipinski definition) is 4. The van der Waals surface area contributed by atoms with Crippen LogP contribution in [0.2, 0.25) is 0 Å². The maximum absolute atomic E-state index is 13.9. The molecule has 1 amide bonds. The number of halogens is 3. The molecule has 31 heavy (non-hydrogen) atoms. The van der Waals surface area contributed by atoms with Gasteiger partial charge in [0.05, 0.1) is 16.9 Å². The van der Waals surface area contributed by atoms with E-state index in [1.165, 1.54) is 23.0 Å². The quantitative estimate of drug-likeness (QED) is 0.445. The van der Waals surface area contributed by atoms with Crippen molar-refractivity contribution in [3.8, 4) is 16.1 Å². The highest BCUT2D eigenvalue weighted by Crippen LogP contribution is 2.38. The Labute approximate surface area is 187 Å². The molecular formula is C22H17ClF2N4OS. The summed E-state index contributed by atoms with van der Waals surface area (Å²) in [7, 11) is 0. The maximum atomic E-state index is 13.9. The summed E-state index contributed by atoms with van der Waals surface area (Å²) in [4.78, 5) is 22.2. The highest BCUT2D eigenvalue weighted by molar-refractivity contribution is 7.17. The van der Waals surface area contributed by atoms with Crippen molar-refractivity contribution in [2.75, 3.05) is 5.32 Å². The summed E-state index contributed by atoms with van der Waals surface area (Å²) < 4.78 is 29.7. The molecule has 9 heteroatoms. The lowest BCUT2D eigenvalue weighted by molar-refractivity contribution is 0.102. The molecule has 4 aromatic rings. The van der Waals surface area contributed by atoms with Crippen molar-refractivity contribution in [2.45, 2.75) is 19.3 Å². The third-order valence-electron chi connectivity index (χ3n) is 5.09. The van der Waals surface area contributed by atoms with E-state index in [2.05, 4.69) is 27.4 Å². The SMILES string of the molecule is Cl.O=C(Nc1c(F)cccc1F)c1nc2c(s1)-c1cc(-n3ccnc3)ccc1CCC2. The first-order chi connectivity index (χ1) is 14.6. The van der Waals surface area contributed by atoms with Gasteiger partial charge in [0.15, 0.2) is 5.01 Å². The smallest absolute Gasteiger partial charge is 0.284 e. The molecule has 2 aromatic heterocycles. The average molecular weight is 459 g/mol. The van der Waals surface area contributed by atoms with Crippen LogP contribution >= 0.6 is 23.7 Å². The highest BCUT2D eigenvalue weighted by atomic mass is 35.5. The van der Waals surface area contributed by atoms with Gasteiger partial charge in [0.25, 0.3) is 5.91 Å². The summed E-state index contributed by atoms with van der Waals surface area (Å²) in [6.45, 7) is 0. The van der Waals surface area contributed by atoms with Crippen LogP contribution in [0, 0.1) is 11.6 Å². The number of thiazole rings is 1. The number of amides is 1. The molecule has 0 bridgehead atoms. The molecule has 0 saturated heterocycles. The van der Waals surface area contributed by atoms with Gasteiger partial charge < -0.3 is 9.88 Å². The molecule has 5 nitrogen and oxygen atoms in total. The van der Waals surface area contributed by atoms with E-state index in [-0.39, 0.29) is 17.4 Å². The minimum atomic E-state index is -0.822. The van der Waals surface area contributed by atoms with Crippen molar-refractivity contribution in [3.63, 3.8) is 0 Å². The van der Waals surface area contributed by atoms with Gasteiger partial charge in [-0.15, -0.1) is 23.7 Å². The lowest BCUT2D eigenvalue weighted by Crippen LogP contribution is -2.14. The molecule has 1 aliphatic rings. The number of rotatable bonds is 3. The zero-order chi connectivity index (χ0) is 20.7. The Morgan fingerprint density at radius 2 is 1.94 bits per heavy atom. The van der Waals surface area contributed by atoms with Gasteiger partial charge in [-0.3, -0.25) is 4.79 Å². The van der Waals surface area contributed by atoms with Crippen molar-refractivity contribution in [3.05, 3.63) is 83.0 Å². The van der Waals surface area contributed by atoms with Gasteiger partial charge >= 0.3 is 0 Å². The summed E-state index contributed by atoms with van der Waals surface area (Å²) in [5.41, 5.74) is 3.55. The number of nitrogens with one attached hydrogen (secondary N) is 1. The molecule has 0 saturated carbocycles. The van der Waals surface area contributed by atoms with Gasteiger partial charge in [0, 0.05) is 18.1 Å². The van der Waals surface area contributed by atoms with E-state index in [9.17, 15) is 13.6 Å². The van der Waals surface area contributed by atoms with Gasteiger partial charge in [0.1, 0.15) is 17.3 Å². The van der Waals surface area contributed by atoms with Gasteiger partial charge in [0.2, 0.25) is 0 Å². The van der Waals surface area contributed by atoms with Crippen molar-refractivity contribution in [2.24, 2.45) is 0 Å². The second-order valence-electron chi connectivity index (χ2n) is 7.01. The van der Waals surface area contributed by atoms with Crippen LogP contribution in [0.4, 0.5) is 14.5 Å². The number of hydrogen-bond donors (Lipinski definition) is 1. The number of para-hydroxylation sites is 1. The zero-order valence-electron chi connectivity index (χ0n) is 16.1. The lowest BCUT2D eigenvalue weighted by Gasteiger charge is -2.09. The number of benzene rings is 2. The van der Waals surface area contributed by atoms with Crippen LogP contribution in [-0.4, -0.2) is 20.4 Å². The predicted molar refractivity (Wildman–Crippen MR) is 118 cm³/mol. The Hall–Kier alpha value is -3.10. The summed E-state index contributed by atoms with van der Waals surface area (Å²) in [5.74, 6) is -2.27. The Bertz CT molecular complexity index is 1240. The number of imidazole rings is 1. The number of carbonyl (C=O) groups is 1. The van der Waals surface area contributed by atoms with E-state index < -0.39 is 23.2 Å². The highest BCUT2D eigenvalue weighted by Gasteiger charge is 2.23. The minimum absolute atomic E-state index is 0. The molecule has 0 aliphatic heterocycles. The standard InChI is InChI=1S/C22H16F2N4OS.ClH/c23-16-4-2-5-17(24)19(16)27-21(29)22-26-18-6-1-3-13-7-8-14(28-10-9-25-12-28)11-15(13)20(18)30-22;/h2,4-5,7-12H,1,3,6H2,(H,27,29);1H. The van der Waals surface area contributed by atoms with E-state index in [1.807, 2.05) is 16.8 Å². The molecular weight excluding hydrogens is 442 g/mol. The molecule has 1 aliphatic carbocycles. The molecule has 0 spiro atoms. The molecule has 0 unspecified atom stereocenters. The normalized spacial score (nSPS) is 12.3. The fourth-order valence-corrected chi connectivity index (χ4v) is 4.68. The number of nitrogens with zero attached hydrogens (tertiary/aromatic N) is 3. The van der Waals surface area contributed by atoms with Crippen molar-refractivity contribution in [1.29, 1.82) is 0 Å². The Morgan fingerprint density at radius 3 is 2.68 bits per heavy atom. The first-order valence-electron chi connectivity index (χ1n) is 9.47. The molecule has 0 radical (unpaired) electrons. The zero-order valence-corrected chi connectivity index (χ0v) is 17.8. The number of anilines is 1. The number of carbonyl (C=O) groups excluding carboxylic acids is 1. The second-order valence-corrected chi connectivity index (χ2v) is 8.01. The topological polar surface area (TPSA) is 59.8 Å². The van der Waals surface area contributed by atoms with Gasteiger partial charge in [-0.05, 0) is 54.7 Å². The minimum Gasteiger partial charge on any atom is -0.315 e. The van der Waals surface area contributed by atoms with Gasteiger partial charge in [-0.1, -0.05) is 12.1 Å². The molecule has 0 fully saturated rings. The van der Waals surface area contributed by atoms with Crippen LogP contribution < -0.4 is 5.32 Å². The Kier molecular flexibility index (Phi) is 5.84. The summed E-state index contributed by atoms with van der Waals surface area (Å²) >= 11 is 1.24. The second kappa shape index (κ2) is 8.56. The first kappa shape index (κ1) is 21.1. The van der Waals surface area contributed by atoms with Crippen molar-refractivity contribution < 1.29 is 13.6 Å². The van der Waals surface area contributed by atoms with Crippen LogP contribution in [-0.2, 0) is 12.8 Å². The van der Waals surface area contributed by atoms with E-state index >= 15 is 0 Å². The van der Waals surface area contributed by atoms with Gasteiger partial charge in [-0.2, -0.15) is 0 Å². The molecule has 5 rings (SSSR count). The summed E-state index contributed by atoms with van der Waals surface area (Å²) in [5, 5.41) is 2.51. The van der Waals surface area contributed by atoms with Crippen LogP contribution in [0.15, 0.2) is 55.1 Å².